The molecule has 0 saturated heterocycles. The van der Waals surface area contributed by atoms with Gasteiger partial charge in [0.1, 0.15) is 0 Å². The Balaban J connectivity index is 0. The minimum Gasteiger partial charge on any atom is -1.00 e. The largest absolute Gasteiger partial charge is 4.00 e. The van der Waals surface area contributed by atoms with Crippen LogP contribution in [0.5, 0.6) is 0 Å². The van der Waals surface area contributed by atoms with Crippen LogP contribution in [0.2, 0.25) is 0 Å². The minimum atomic E-state index is 0. The summed E-state index contributed by atoms with van der Waals surface area (Å²) >= 11 is 0. The summed E-state index contributed by atoms with van der Waals surface area (Å²) in [6.45, 7) is 0. The Kier molecular flexibility index (Phi) is 1300. The van der Waals surface area contributed by atoms with Crippen LogP contribution in [0.3, 0.4) is 0 Å². The Labute approximate surface area is 75.8 Å². The van der Waals surface area contributed by atoms with E-state index in [-0.39, 0.29) is 76.2 Å². The smallest absolute Gasteiger partial charge is 1.00 e. The van der Waals surface area contributed by atoms with Crippen LogP contribution >= 0.6 is 0 Å². The van der Waals surface area contributed by atoms with Gasteiger partial charge in [0.2, 0.25) is 0 Å². The Morgan fingerprint density at radius 1 is 0.500 bits per heavy atom. The van der Waals surface area contributed by atoms with Gasteiger partial charge in [0.25, 0.3) is 0 Å². The van der Waals surface area contributed by atoms with Crippen molar-refractivity contribution in [2.45, 2.75) is 0 Å². The second-order valence-corrected chi connectivity index (χ2v) is 0. The number of hydrogen-bond acceptors (Lipinski definition) is 0. The molecule has 2 N–H and O–H groups in total. The van der Waals surface area contributed by atoms with Crippen LogP contribution in [-0.2, 0) is 21.1 Å². The summed E-state index contributed by atoms with van der Waals surface area (Å²) in [7, 11) is 0. The standard InChI is InChI=1S/4ClH.H2O.W/h4*1H;1H2;/q;;;;;+4/p-4. The Morgan fingerprint density at radius 2 is 0.500 bits per heavy atom. The molecule has 0 bridgehead atoms. The molecule has 0 fully saturated rings. The van der Waals surface area contributed by atoms with Crippen molar-refractivity contribution < 1.29 is 76.2 Å². The quantitative estimate of drug-likeness (QED) is 0.418. The van der Waals surface area contributed by atoms with E-state index in [1.165, 1.54) is 0 Å². The molecule has 0 rings (SSSR count). The maximum Gasteiger partial charge on any atom is 4.00 e. The number of hydrogen-bond donors (Lipinski definition) is 0. The van der Waals surface area contributed by atoms with Gasteiger partial charge in [0.05, 0.1) is 0 Å². The van der Waals surface area contributed by atoms with Gasteiger partial charge in [0, 0.05) is 0 Å². The second-order valence-electron chi connectivity index (χ2n) is 0. The van der Waals surface area contributed by atoms with Crippen molar-refractivity contribution in [2.75, 3.05) is 0 Å². The molecule has 0 radical (unpaired) electrons. The molecular formula is H2Cl4OW. The fraction of sp³-hybridized carbons (Fsp3) is 0. The predicted molar refractivity (Wildman–Crippen MR) is 3.61 cm³/mol. The summed E-state index contributed by atoms with van der Waals surface area (Å²) in [5.74, 6) is 0. The van der Waals surface area contributed by atoms with Crippen LogP contribution < -0.4 is 49.6 Å². The van der Waals surface area contributed by atoms with E-state index in [0.29, 0.717) is 0 Å². The molecule has 6 heavy (non-hydrogen) atoms. The Bertz CT molecular complexity index is 7.51. The average Bonchev–Trinajstić information content (AvgIpc) is 0. The SMILES string of the molecule is O.[Cl-].[Cl-].[Cl-].[Cl-].[W+4]. The Morgan fingerprint density at radius 3 is 0.500 bits per heavy atom. The fourth-order valence-electron chi connectivity index (χ4n) is 0. The first kappa shape index (κ1) is 111. The molecule has 0 aromatic carbocycles. The maximum atomic E-state index is 0. The van der Waals surface area contributed by atoms with E-state index >= 15 is 0 Å². The van der Waals surface area contributed by atoms with Crippen molar-refractivity contribution in [1.82, 2.24) is 0 Å². The van der Waals surface area contributed by atoms with Gasteiger partial charge >= 0.3 is 21.1 Å². The zero-order valence-electron chi connectivity index (χ0n) is 2.42. The summed E-state index contributed by atoms with van der Waals surface area (Å²) < 4.78 is 0. The van der Waals surface area contributed by atoms with Gasteiger partial charge in [-0.05, 0) is 0 Å². The third-order valence-electron chi connectivity index (χ3n) is 0. The zero-order valence-corrected chi connectivity index (χ0v) is 8.38. The van der Waals surface area contributed by atoms with Gasteiger partial charge in [-0.1, -0.05) is 0 Å². The molecule has 0 heterocycles. The van der Waals surface area contributed by atoms with E-state index in [1.807, 2.05) is 0 Å². The first-order valence-corrected chi connectivity index (χ1v) is 0. The third-order valence-corrected chi connectivity index (χ3v) is 0. The van der Waals surface area contributed by atoms with E-state index in [1.54, 1.807) is 0 Å². The molecule has 6 heteroatoms. The van der Waals surface area contributed by atoms with Crippen molar-refractivity contribution in [3.05, 3.63) is 0 Å². The van der Waals surface area contributed by atoms with Gasteiger partial charge in [-0.25, -0.2) is 0 Å². The molecule has 0 aromatic heterocycles. The van der Waals surface area contributed by atoms with Gasteiger partial charge in [-0.15, -0.1) is 0 Å². The van der Waals surface area contributed by atoms with E-state index in [0.717, 1.165) is 0 Å². The normalized spacial score (nSPS) is 0. The van der Waals surface area contributed by atoms with Gasteiger partial charge < -0.3 is 55.1 Å². The predicted octanol–water partition coefficient (Wildman–Crippen LogP) is -12.8. The molecule has 0 amide bonds. The van der Waals surface area contributed by atoms with Crippen molar-refractivity contribution in [2.24, 2.45) is 0 Å². The molecule has 0 saturated carbocycles. The second kappa shape index (κ2) is 70.2. The van der Waals surface area contributed by atoms with Crippen LogP contribution in [0.25, 0.3) is 0 Å². The van der Waals surface area contributed by atoms with E-state index < -0.39 is 0 Å². The molecule has 0 aliphatic rings. The zero-order chi connectivity index (χ0) is 0. The Hall–Kier alpha value is 1.81. The van der Waals surface area contributed by atoms with Crippen LogP contribution in [-0.4, -0.2) is 5.48 Å². The van der Waals surface area contributed by atoms with Gasteiger partial charge in [-0.2, -0.15) is 0 Å². The molecule has 0 aliphatic heterocycles. The molecular weight excluding hydrogens is 342 g/mol. The monoisotopic (exact) mass is 342 g/mol. The molecule has 0 spiro atoms. The van der Waals surface area contributed by atoms with Crippen molar-refractivity contribution >= 4 is 0 Å². The first-order chi connectivity index (χ1) is 0. The molecule has 0 unspecified atom stereocenters. The number of halogens is 4. The maximum absolute atomic E-state index is 0. The summed E-state index contributed by atoms with van der Waals surface area (Å²) in [6, 6.07) is 0. The average molecular weight is 344 g/mol. The molecule has 1 nitrogen and oxygen atoms in total. The van der Waals surface area contributed by atoms with E-state index in [2.05, 4.69) is 0 Å². The topological polar surface area (TPSA) is 31.5 Å². The summed E-state index contributed by atoms with van der Waals surface area (Å²) in [4.78, 5) is 0. The van der Waals surface area contributed by atoms with Gasteiger partial charge in [0.15, 0.2) is 0 Å². The first-order valence-electron chi connectivity index (χ1n) is 0. The van der Waals surface area contributed by atoms with Crippen LogP contribution in [0.15, 0.2) is 0 Å². The van der Waals surface area contributed by atoms with Gasteiger partial charge in [-0.3, -0.25) is 0 Å². The molecule has 0 aromatic rings. The van der Waals surface area contributed by atoms with Crippen LogP contribution in [0, 0.1) is 0 Å². The molecule has 0 atom stereocenters. The summed E-state index contributed by atoms with van der Waals surface area (Å²) in [6.07, 6.45) is 0. The molecule has 42 valence electrons. The van der Waals surface area contributed by atoms with Crippen LogP contribution in [0.1, 0.15) is 0 Å². The third kappa shape index (κ3) is 41.1. The fourth-order valence-corrected chi connectivity index (χ4v) is 0. The van der Waals surface area contributed by atoms with Crippen molar-refractivity contribution in [3.8, 4) is 0 Å². The van der Waals surface area contributed by atoms with E-state index in [4.69, 9.17) is 0 Å². The van der Waals surface area contributed by atoms with Crippen molar-refractivity contribution in [3.63, 3.8) is 0 Å². The summed E-state index contributed by atoms with van der Waals surface area (Å²) in [5, 5.41) is 0. The van der Waals surface area contributed by atoms with Crippen LogP contribution in [0.4, 0.5) is 0 Å². The van der Waals surface area contributed by atoms with E-state index in [9.17, 15) is 0 Å². The minimum absolute atomic E-state index is 0. The van der Waals surface area contributed by atoms with Crippen molar-refractivity contribution in [1.29, 1.82) is 0 Å². The number of rotatable bonds is 0. The summed E-state index contributed by atoms with van der Waals surface area (Å²) in [5.41, 5.74) is 0. The molecule has 0 aliphatic carbocycles.